The predicted molar refractivity (Wildman–Crippen MR) is 92.5 cm³/mol. The maximum atomic E-state index is 12.1. The average Bonchev–Trinajstić information content (AvgIpc) is 2.85. The van der Waals surface area contributed by atoms with E-state index in [1.54, 1.807) is 26.0 Å². The average molecular weight is 361 g/mol. The molecule has 2 N–H and O–H groups in total. The summed E-state index contributed by atoms with van der Waals surface area (Å²) >= 11 is 0. The van der Waals surface area contributed by atoms with Crippen LogP contribution in [0.4, 0.5) is 5.69 Å². The van der Waals surface area contributed by atoms with Crippen molar-refractivity contribution in [2.75, 3.05) is 11.0 Å². The summed E-state index contributed by atoms with van der Waals surface area (Å²) in [5, 5.41) is -0.454. The van der Waals surface area contributed by atoms with Crippen LogP contribution in [0.3, 0.4) is 0 Å². The van der Waals surface area contributed by atoms with Gasteiger partial charge in [-0.05, 0) is 44.4 Å². The van der Waals surface area contributed by atoms with E-state index < -0.39 is 25.3 Å². The van der Waals surface area contributed by atoms with Crippen molar-refractivity contribution in [2.45, 2.75) is 50.3 Å². The molecule has 1 aromatic rings. The lowest BCUT2D eigenvalue weighted by atomic mass is 9.94. The Kier molecular flexibility index (Phi) is 5.37. The third-order valence-corrected chi connectivity index (χ3v) is 6.57. The zero-order valence-electron chi connectivity index (χ0n) is 13.6. The molecule has 1 aliphatic rings. The van der Waals surface area contributed by atoms with Gasteiger partial charge in [0.15, 0.2) is 0 Å². The minimum absolute atomic E-state index is 0.101. The van der Waals surface area contributed by atoms with Crippen LogP contribution in [0.2, 0.25) is 0 Å². The summed E-state index contributed by atoms with van der Waals surface area (Å²) < 4.78 is 51.9. The topological polar surface area (TPSA) is 92.3 Å². The highest BCUT2D eigenvalue weighted by atomic mass is 32.2. The molecule has 23 heavy (non-hydrogen) atoms. The molecule has 8 heteroatoms. The molecule has 1 saturated carbocycles. The maximum Gasteiger partial charge on any atom is 0.229 e. The standard InChI is InChI=1S/C15H24N2O4S2/c1-11(2)23(20,21)17-15-6-4-5-14(15)12-7-9-13(10-8-12)16-22(3,18)19/h7-11,14-17H,4-6H2,1-3H3/t14-,15-/m1/s1. The van der Waals surface area contributed by atoms with Crippen LogP contribution in [0.1, 0.15) is 44.6 Å². The zero-order valence-corrected chi connectivity index (χ0v) is 15.2. The minimum Gasteiger partial charge on any atom is -0.284 e. The SMILES string of the molecule is CC(C)S(=O)(=O)N[C@@H]1CCC[C@@H]1c1ccc(NS(C)(=O)=O)cc1. The van der Waals surface area contributed by atoms with E-state index in [0.29, 0.717) is 5.69 Å². The molecule has 2 atom stereocenters. The lowest BCUT2D eigenvalue weighted by Gasteiger charge is -2.22. The number of hydrogen-bond acceptors (Lipinski definition) is 4. The van der Waals surface area contributed by atoms with Gasteiger partial charge < -0.3 is 0 Å². The molecule has 0 radical (unpaired) electrons. The van der Waals surface area contributed by atoms with Gasteiger partial charge in [-0.3, -0.25) is 4.72 Å². The molecule has 0 unspecified atom stereocenters. The monoisotopic (exact) mass is 360 g/mol. The second-order valence-electron chi connectivity index (χ2n) is 6.35. The molecule has 0 spiro atoms. The predicted octanol–water partition coefficient (Wildman–Crippen LogP) is 2.02. The molecule has 1 fully saturated rings. The van der Waals surface area contributed by atoms with Crippen LogP contribution in [-0.4, -0.2) is 34.4 Å². The third kappa shape index (κ3) is 4.92. The van der Waals surface area contributed by atoms with Gasteiger partial charge in [-0.1, -0.05) is 18.6 Å². The third-order valence-electron chi connectivity index (χ3n) is 4.09. The normalized spacial score (nSPS) is 22.4. The van der Waals surface area contributed by atoms with Crippen molar-refractivity contribution in [3.63, 3.8) is 0 Å². The van der Waals surface area contributed by atoms with Crippen LogP contribution in [0, 0.1) is 0 Å². The van der Waals surface area contributed by atoms with Crippen molar-refractivity contribution in [1.29, 1.82) is 0 Å². The summed E-state index contributed by atoms with van der Waals surface area (Å²) in [5.41, 5.74) is 1.53. The van der Waals surface area contributed by atoms with E-state index in [-0.39, 0.29) is 12.0 Å². The Labute approximate surface area is 138 Å². The van der Waals surface area contributed by atoms with Gasteiger partial charge in [0.25, 0.3) is 0 Å². The molecule has 0 amide bonds. The molecule has 0 bridgehead atoms. The first-order chi connectivity index (χ1) is 10.6. The lowest BCUT2D eigenvalue weighted by Crippen LogP contribution is -2.40. The van der Waals surface area contributed by atoms with E-state index in [1.165, 1.54) is 0 Å². The van der Waals surface area contributed by atoms with E-state index in [2.05, 4.69) is 9.44 Å². The van der Waals surface area contributed by atoms with Crippen LogP contribution >= 0.6 is 0 Å². The molecule has 2 rings (SSSR count). The van der Waals surface area contributed by atoms with Gasteiger partial charge in [0, 0.05) is 17.6 Å². The van der Waals surface area contributed by atoms with Crippen molar-refractivity contribution in [1.82, 2.24) is 4.72 Å². The van der Waals surface area contributed by atoms with Gasteiger partial charge in [0.1, 0.15) is 0 Å². The number of nitrogens with one attached hydrogen (secondary N) is 2. The van der Waals surface area contributed by atoms with Crippen LogP contribution in [-0.2, 0) is 20.0 Å². The molecule has 0 saturated heterocycles. The summed E-state index contributed by atoms with van der Waals surface area (Å²) in [4.78, 5) is 0. The van der Waals surface area contributed by atoms with E-state index in [1.807, 2.05) is 12.1 Å². The molecule has 0 aliphatic heterocycles. The van der Waals surface area contributed by atoms with E-state index in [4.69, 9.17) is 0 Å². The molecule has 130 valence electrons. The Morgan fingerprint density at radius 2 is 1.65 bits per heavy atom. The second-order valence-corrected chi connectivity index (χ2v) is 10.4. The molecular formula is C15H24N2O4S2. The van der Waals surface area contributed by atoms with Crippen molar-refractivity contribution in [3.8, 4) is 0 Å². The molecule has 0 aromatic heterocycles. The number of rotatable bonds is 6. The van der Waals surface area contributed by atoms with Crippen LogP contribution < -0.4 is 9.44 Å². The lowest BCUT2D eigenvalue weighted by molar-refractivity contribution is 0.519. The highest BCUT2D eigenvalue weighted by Gasteiger charge is 2.32. The maximum absolute atomic E-state index is 12.1. The largest absolute Gasteiger partial charge is 0.284 e. The van der Waals surface area contributed by atoms with Crippen LogP contribution in [0.25, 0.3) is 0 Å². The summed E-state index contributed by atoms with van der Waals surface area (Å²) in [6.45, 7) is 3.33. The fourth-order valence-corrected chi connectivity index (χ4v) is 4.40. The van der Waals surface area contributed by atoms with E-state index in [9.17, 15) is 16.8 Å². The van der Waals surface area contributed by atoms with Crippen molar-refractivity contribution in [3.05, 3.63) is 29.8 Å². The Bertz CT molecular complexity index is 740. The van der Waals surface area contributed by atoms with Gasteiger partial charge >= 0.3 is 0 Å². The quantitative estimate of drug-likeness (QED) is 0.812. The molecule has 0 heterocycles. The zero-order chi connectivity index (χ0) is 17.3. The number of hydrogen-bond donors (Lipinski definition) is 2. The Morgan fingerprint density at radius 3 is 2.17 bits per heavy atom. The van der Waals surface area contributed by atoms with Crippen LogP contribution in [0.15, 0.2) is 24.3 Å². The summed E-state index contributed by atoms with van der Waals surface area (Å²) in [6, 6.07) is 7.04. The highest BCUT2D eigenvalue weighted by molar-refractivity contribution is 7.92. The molecule has 6 nitrogen and oxygen atoms in total. The second kappa shape index (κ2) is 6.78. The van der Waals surface area contributed by atoms with Crippen molar-refractivity contribution in [2.24, 2.45) is 0 Å². The fraction of sp³-hybridized carbons (Fsp3) is 0.600. The van der Waals surface area contributed by atoms with E-state index >= 15 is 0 Å². The highest BCUT2D eigenvalue weighted by Crippen LogP contribution is 2.35. The molecule has 1 aliphatic carbocycles. The van der Waals surface area contributed by atoms with Gasteiger partial charge in [-0.15, -0.1) is 0 Å². The first-order valence-electron chi connectivity index (χ1n) is 7.67. The Hall–Kier alpha value is -1.12. The number of anilines is 1. The van der Waals surface area contributed by atoms with Gasteiger partial charge in [0.2, 0.25) is 20.0 Å². The minimum atomic E-state index is -3.30. The molecule has 1 aromatic carbocycles. The Balaban J connectivity index is 2.14. The number of sulfonamides is 2. The van der Waals surface area contributed by atoms with Crippen molar-refractivity contribution < 1.29 is 16.8 Å². The van der Waals surface area contributed by atoms with E-state index in [0.717, 1.165) is 31.1 Å². The molecular weight excluding hydrogens is 336 g/mol. The summed E-state index contributed by atoms with van der Waals surface area (Å²) in [5.74, 6) is 0.121. The summed E-state index contributed by atoms with van der Waals surface area (Å²) in [7, 11) is -6.59. The smallest absolute Gasteiger partial charge is 0.229 e. The number of benzene rings is 1. The van der Waals surface area contributed by atoms with Gasteiger partial charge in [0.05, 0.1) is 11.5 Å². The Morgan fingerprint density at radius 1 is 1.04 bits per heavy atom. The summed E-state index contributed by atoms with van der Waals surface area (Å²) in [6.07, 6.45) is 3.82. The first-order valence-corrected chi connectivity index (χ1v) is 11.1. The first kappa shape index (κ1) is 18.2. The fourth-order valence-electron chi connectivity index (χ4n) is 2.86. The van der Waals surface area contributed by atoms with Crippen molar-refractivity contribution >= 4 is 25.7 Å². The van der Waals surface area contributed by atoms with Crippen LogP contribution in [0.5, 0.6) is 0 Å². The van der Waals surface area contributed by atoms with Gasteiger partial charge in [-0.25, -0.2) is 21.6 Å². The van der Waals surface area contributed by atoms with Gasteiger partial charge in [-0.2, -0.15) is 0 Å².